The Labute approximate surface area is 285 Å². The molecule has 240 valence electrons. The van der Waals surface area contributed by atoms with Crippen LogP contribution in [0.4, 0.5) is 0 Å². The average molecular weight is 779 g/mol. The Hall–Kier alpha value is -0.601. The van der Waals surface area contributed by atoms with E-state index in [0.29, 0.717) is 0 Å². The van der Waals surface area contributed by atoms with Crippen molar-refractivity contribution in [2.75, 3.05) is 49.3 Å². The van der Waals surface area contributed by atoms with Crippen molar-refractivity contribution < 1.29 is 0 Å². The summed E-state index contributed by atoms with van der Waals surface area (Å²) in [5, 5.41) is 6.24. The second-order valence-corrected chi connectivity index (χ2v) is 33.9. The molecule has 0 aliphatic heterocycles. The second-order valence-electron chi connectivity index (χ2n) is 11.6. The monoisotopic (exact) mass is 780 g/mol. The van der Waals surface area contributed by atoms with Crippen molar-refractivity contribution >= 4 is 85.6 Å². The van der Waals surface area contributed by atoms with Crippen LogP contribution in [0.2, 0.25) is 0 Å². The summed E-state index contributed by atoms with van der Waals surface area (Å²) >= 11 is -3.71. The molecule has 0 aromatic heterocycles. The molecule has 0 fully saturated rings. The molecule has 4 aromatic carbocycles. The Kier molecular flexibility index (Phi) is 15.1. The van der Waals surface area contributed by atoms with Crippen LogP contribution in [0.5, 0.6) is 0 Å². The molecular formula is C40H56P4Sn. The van der Waals surface area contributed by atoms with Crippen molar-refractivity contribution in [3.05, 3.63) is 97.1 Å². The summed E-state index contributed by atoms with van der Waals surface area (Å²) in [6, 6.07) is 40.5. The molecule has 0 nitrogen and oxygen atoms in total. The Bertz CT molecular complexity index is 1190. The van der Waals surface area contributed by atoms with Gasteiger partial charge in [0.15, 0.2) is 0 Å². The summed E-state index contributed by atoms with van der Waals surface area (Å²) in [4.78, 5) is 0. The van der Waals surface area contributed by atoms with Crippen LogP contribution in [-0.2, 0) is 0 Å². The Morgan fingerprint density at radius 3 is 0.578 bits per heavy atom. The molecule has 0 aliphatic carbocycles. The number of benzene rings is 4. The summed E-state index contributed by atoms with van der Waals surface area (Å²) in [5.74, 6) is 0. The topological polar surface area (TPSA) is 0 Å². The summed E-state index contributed by atoms with van der Waals surface area (Å²) in [6.45, 7) is 18.9. The predicted molar refractivity (Wildman–Crippen MR) is 221 cm³/mol. The first-order chi connectivity index (χ1) is 21.9. The molecule has 0 saturated carbocycles. The van der Waals surface area contributed by atoms with E-state index in [0.717, 1.165) is 0 Å². The van der Waals surface area contributed by atoms with Gasteiger partial charge in [-0.2, -0.15) is 0 Å². The van der Waals surface area contributed by atoms with Crippen molar-refractivity contribution in [2.45, 2.75) is 55.4 Å². The van der Waals surface area contributed by atoms with Crippen LogP contribution in [-0.4, -0.2) is 67.7 Å². The van der Waals surface area contributed by atoms with E-state index >= 15 is 0 Å². The van der Waals surface area contributed by atoms with Gasteiger partial charge in [-0.3, -0.25) is 0 Å². The standard InChI is InChI=1S/4C10H14P.Sn/c4*1-3-11(4-2)10-8-6-5-7-9-10;/h4*6-9H,3-4H2,1-2H3;. The molecule has 0 unspecified atom stereocenters. The van der Waals surface area contributed by atoms with E-state index in [1.54, 1.807) is 35.5 Å². The van der Waals surface area contributed by atoms with Gasteiger partial charge in [-0.15, -0.1) is 0 Å². The fourth-order valence-corrected chi connectivity index (χ4v) is 27.4. The van der Waals surface area contributed by atoms with Crippen LogP contribution in [0.3, 0.4) is 0 Å². The third-order valence-corrected chi connectivity index (χ3v) is 33.6. The quantitative estimate of drug-likeness (QED) is 0.0811. The minimum absolute atomic E-state index is 0.0796. The summed E-state index contributed by atoms with van der Waals surface area (Å²) < 4.78 is 6.33. The summed E-state index contributed by atoms with van der Waals surface area (Å²) in [5.41, 5.74) is 0. The van der Waals surface area contributed by atoms with E-state index in [9.17, 15) is 0 Å². The Morgan fingerprint density at radius 2 is 0.444 bits per heavy atom. The number of hydrogen-bond acceptors (Lipinski definition) is 0. The summed E-state index contributed by atoms with van der Waals surface area (Å²) in [7, 11) is -0.319. The SMILES string of the molecule is CCP(CC)c1cc[c]([Sn]([c]2ccc(P(CC)CC)cc2)([c]2ccc(P(CC)CC)cc2)[c]2ccc(P(CC)CC)cc2)cc1. The van der Waals surface area contributed by atoms with Crippen LogP contribution in [0, 0.1) is 0 Å². The van der Waals surface area contributed by atoms with E-state index in [2.05, 4.69) is 152 Å². The fourth-order valence-electron chi connectivity index (χ4n) is 7.04. The van der Waals surface area contributed by atoms with E-state index in [1.165, 1.54) is 49.3 Å². The Balaban J connectivity index is 2.03. The van der Waals surface area contributed by atoms with E-state index in [-0.39, 0.29) is 31.7 Å². The Morgan fingerprint density at radius 1 is 0.289 bits per heavy atom. The summed E-state index contributed by atoms with van der Waals surface area (Å²) in [6.07, 6.45) is 10.1. The maximum atomic E-state index is 2.56. The van der Waals surface area contributed by atoms with Crippen LogP contribution in [0.1, 0.15) is 55.4 Å². The second kappa shape index (κ2) is 18.2. The number of rotatable bonds is 16. The fraction of sp³-hybridized carbons (Fsp3) is 0.400. The minimum atomic E-state index is -3.71. The molecule has 0 radical (unpaired) electrons. The van der Waals surface area contributed by atoms with Gasteiger partial charge in [-0.25, -0.2) is 0 Å². The first-order valence-corrected chi connectivity index (χ1v) is 29.9. The van der Waals surface area contributed by atoms with E-state index in [4.69, 9.17) is 0 Å². The third-order valence-electron chi connectivity index (χ3n) is 9.72. The molecule has 45 heavy (non-hydrogen) atoms. The van der Waals surface area contributed by atoms with Gasteiger partial charge in [-0.05, 0) is 0 Å². The van der Waals surface area contributed by atoms with Gasteiger partial charge >= 0.3 is 287 Å². The van der Waals surface area contributed by atoms with E-state index < -0.39 is 18.4 Å². The van der Waals surface area contributed by atoms with Gasteiger partial charge in [0, 0.05) is 0 Å². The molecule has 0 spiro atoms. The van der Waals surface area contributed by atoms with Gasteiger partial charge < -0.3 is 0 Å². The van der Waals surface area contributed by atoms with Crippen LogP contribution in [0.15, 0.2) is 97.1 Å². The molecular weight excluding hydrogens is 723 g/mol. The molecule has 0 N–H and O–H groups in total. The molecule has 0 aliphatic rings. The van der Waals surface area contributed by atoms with Crippen molar-refractivity contribution in [3.63, 3.8) is 0 Å². The van der Waals surface area contributed by atoms with Crippen molar-refractivity contribution in [3.8, 4) is 0 Å². The van der Waals surface area contributed by atoms with Crippen LogP contribution in [0.25, 0.3) is 0 Å². The van der Waals surface area contributed by atoms with E-state index in [1.807, 2.05) is 0 Å². The van der Waals surface area contributed by atoms with Gasteiger partial charge in [-0.1, -0.05) is 0 Å². The van der Waals surface area contributed by atoms with Crippen molar-refractivity contribution in [1.82, 2.24) is 0 Å². The van der Waals surface area contributed by atoms with Gasteiger partial charge in [0.2, 0.25) is 0 Å². The zero-order chi connectivity index (χ0) is 32.4. The molecule has 0 bridgehead atoms. The van der Waals surface area contributed by atoms with Gasteiger partial charge in [0.05, 0.1) is 0 Å². The maximum absolute atomic E-state index is 3.71. The first kappa shape index (κ1) is 37.2. The van der Waals surface area contributed by atoms with Crippen LogP contribution < -0.4 is 35.5 Å². The van der Waals surface area contributed by atoms with Gasteiger partial charge in [0.1, 0.15) is 0 Å². The van der Waals surface area contributed by atoms with Gasteiger partial charge in [0.25, 0.3) is 0 Å². The molecule has 0 atom stereocenters. The van der Waals surface area contributed by atoms with Crippen molar-refractivity contribution in [1.29, 1.82) is 0 Å². The molecule has 5 heteroatoms. The average Bonchev–Trinajstić information content (AvgIpc) is 3.10. The third kappa shape index (κ3) is 8.17. The molecule has 0 saturated heterocycles. The normalized spacial score (nSPS) is 12.2. The molecule has 0 heterocycles. The zero-order valence-electron chi connectivity index (χ0n) is 29.2. The molecule has 4 aromatic rings. The van der Waals surface area contributed by atoms with Crippen LogP contribution >= 0.6 is 31.7 Å². The zero-order valence-corrected chi connectivity index (χ0v) is 35.6. The first-order valence-electron chi connectivity index (χ1n) is 17.4. The predicted octanol–water partition coefficient (Wildman–Crippen LogP) is 7.65. The molecule has 0 amide bonds. The van der Waals surface area contributed by atoms with Crippen molar-refractivity contribution in [2.24, 2.45) is 0 Å². The molecule has 4 rings (SSSR count). The number of hydrogen-bond donors (Lipinski definition) is 0.